The van der Waals surface area contributed by atoms with E-state index in [0.29, 0.717) is 0 Å². The summed E-state index contributed by atoms with van der Waals surface area (Å²) >= 11 is 0. The number of aromatic hydroxyl groups is 1. The maximum Gasteiger partial charge on any atom is 0.310 e. The molecule has 1 aromatic carbocycles. The summed E-state index contributed by atoms with van der Waals surface area (Å²) in [6.45, 7) is -0.0556. The van der Waals surface area contributed by atoms with Gasteiger partial charge >= 0.3 is 5.69 Å². The van der Waals surface area contributed by atoms with Crippen LogP contribution in [0.2, 0.25) is 0 Å². The van der Waals surface area contributed by atoms with Crippen molar-refractivity contribution in [1.29, 1.82) is 0 Å². The Morgan fingerprint density at radius 2 is 1.93 bits per heavy atom. The molecule has 0 unspecified atom stereocenters. The molecule has 5 N–H and O–H groups in total. The quantitative estimate of drug-likeness (QED) is 0.459. The van der Waals surface area contributed by atoms with Gasteiger partial charge < -0.3 is 16.6 Å². The van der Waals surface area contributed by atoms with Crippen LogP contribution in [0.4, 0.5) is 5.69 Å². The summed E-state index contributed by atoms with van der Waals surface area (Å²) in [5.41, 5.74) is 8.96. The van der Waals surface area contributed by atoms with Gasteiger partial charge in [0.2, 0.25) is 5.91 Å². The lowest BCUT2D eigenvalue weighted by Gasteiger charge is -1.91. The molecule has 82 valence electrons. The van der Waals surface area contributed by atoms with Crippen LogP contribution in [0.5, 0.6) is 5.75 Å². The first-order chi connectivity index (χ1) is 6.99. The minimum Gasteiger partial charge on any atom is -0.502 e. The molecule has 0 saturated carbocycles. The van der Waals surface area contributed by atoms with Crippen molar-refractivity contribution < 1.29 is 14.8 Å². The second-order valence-electron chi connectivity index (χ2n) is 2.42. The summed E-state index contributed by atoms with van der Waals surface area (Å²) in [5.74, 6) is -0.766. The Kier molecular flexibility index (Phi) is 5.42. The van der Waals surface area contributed by atoms with Crippen molar-refractivity contribution in [3.63, 3.8) is 0 Å². The maximum absolute atomic E-state index is 10.1. The average Bonchev–Trinajstić information content (AvgIpc) is 2.19. The SMILES string of the molecule is NCC(N)=O.O=[N+]([O-])c1ccccc1O. The van der Waals surface area contributed by atoms with E-state index in [4.69, 9.17) is 10.8 Å². The lowest BCUT2D eigenvalue weighted by molar-refractivity contribution is -0.385. The Morgan fingerprint density at radius 1 is 1.47 bits per heavy atom. The standard InChI is InChI=1S/C6H5NO3.C2H6N2O/c8-6-4-2-1-3-5(6)7(9)10;3-1-2(4)5/h1-4,8H;1,3H2,(H2,4,5). The topological polar surface area (TPSA) is 132 Å². The molecule has 0 atom stereocenters. The van der Waals surface area contributed by atoms with Crippen LogP contribution in [0.15, 0.2) is 24.3 Å². The molecule has 7 heteroatoms. The number of nitrogens with zero attached hydrogens (tertiary/aromatic N) is 1. The van der Waals surface area contributed by atoms with Gasteiger partial charge in [-0.3, -0.25) is 14.9 Å². The number of para-hydroxylation sites is 2. The molecule has 1 amide bonds. The number of hydrogen-bond acceptors (Lipinski definition) is 5. The Bertz CT molecular complexity index is 353. The third-order valence-electron chi connectivity index (χ3n) is 1.28. The number of primary amides is 1. The zero-order chi connectivity index (χ0) is 11.8. The minimum atomic E-state index is -0.630. The van der Waals surface area contributed by atoms with E-state index in [-0.39, 0.29) is 18.0 Å². The van der Waals surface area contributed by atoms with E-state index in [9.17, 15) is 14.9 Å². The van der Waals surface area contributed by atoms with Crippen LogP contribution in [0.1, 0.15) is 0 Å². The van der Waals surface area contributed by atoms with Gasteiger partial charge in [-0.2, -0.15) is 0 Å². The molecule has 0 heterocycles. The van der Waals surface area contributed by atoms with Crippen molar-refractivity contribution in [2.75, 3.05) is 6.54 Å². The number of carbonyl (C=O) groups excluding carboxylic acids is 1. The van der Waals surface area contributed by atoms with Crippen LogP contribution in [0.3, 0.4) is 0 Å². The molecular formula is C8H11N3O4. The normalized spacial score (nSPS) is 8.60. The van der Waals surface area contributed by atoms with E-state index < -0.39 is 10.8 Å². The second kappa shape index (κ2) is 6.33. The second-order valence-corrected chi connectivity index (χ2v) is 2.42. The molecule has 0 spiro atoms. The summed E-state index contributed by atoms with van der Waals surface area (Å²) in [6, 6.07) is 5.55. The maximum atomic E-state index is 10.1. The smallest absolute Gasteiger partial charge is 0.310 e. The number of phenols is 1. The van der Waals surface area contributed by atoms with Gasteiger partial charge in [0.15, 0.2) is 5.75 Å². The third-order valence-corrected chi connectivity index (χ3v) is 1.28. The number of nitrogens with two attached hydrogens (primary N) is 2. The number of benzene rings is 1. The van der Waals surface area contributed by atoms with Gasteiger partial charge in [0.05, 0.1) is 11.5 Å². The Hall–Kier alpha value is -2.15. The Morgan fingerprint density at radius 3 is 2.20 bits per heavy atom. The summed E-state index contributed by atoms with van der Waals surface area (Å²) in [4.78, 5) is 18.9. The van der Waals surface area contributed by atoms with Gasteiger partial charge in [-0.1, -0.05) is 12.1 Å². The summed E-state index contributed by atoms with van der Waals surface area (Å²) in [6.07, 6.45) is 0. The van der Waals surface area contributed by atoms with Gasteiger partial charge in [-0.25, -0.2) is 0 Å². The van der Waals surface area contributed by atoms with Crippen LogP contribution in [0, 0.1) is 10.1 Å². The van der Waals surface area contributed by atoms with Crippen LogP contribution >= 0.6 is 0 Å². The zero-order valence-corrected chi connectivity index (χ0v) is 7.79. The monoisotopic (exact) mass is 213 g/mol. The fourth-order valence-electron chi connectivity index (χ4n) is 0.619. The van der Waals surface area contributed by atoms with Crippen LogP contribution in [-0.2, 0) is 4.79 Å². The molecule has 0 aromatic heterocycles. The molecule has 0 aliphatic heterocycles. The van der Waals surface area contributed by atoms with Crippen molar-refractivity contribution in [2.45, 2.75) is 0 Å². The van der Waals surface area contributed by atoms with Crippen molar-refractivity contribution in [2.24, 2.45) is 11.5 Å². The molecule has 0 fully saturated rings. The molecule has 0 saturated heterocycles. The number of nitro groups is 1. The van der Waals surface area contributed by atoms with Crippen molar-refractivity contribution in [3.8, 4) is 5.75 Å². The van der Waals surface area contributed by atoms with Gasteiger partial charge in [0.25, 0.3) is 0 Å². The highest BCUT2D eigenvalue weighted by Crippen LogP contribution is 2.23. The van der Waals surface area contributed by atoms with Crippen molar-refractivity contribution >= 4 is 11.6 Å². The van der Waals surface area contributed by atoms with E-state index in [1.54, 1.807) is 0 Å². The summed E-state index contributed by atoms with van der Waals surface area (Å²) in [7, 11) is 0. The third kappa shape index (κ3) is 5.21. The van der Waals surface area contributed by atoms with E-state index in [2.05, 4.69) is 5.73 Å². The predicted octanol–water partition coefficient (Wildman–Crippen LogP) is -0.269. The molecule has 15 heavy (non-hydrogen) atoms. The largest absolute Gasteiger partial charge is 0.502 e. The highest BCUT2D eigenvalue weighted by atomic mass is 16.6. The first-order valence-corrected chi connectivity index (χ1v) is 3.89. The van der Waals surface area contributed by atoms with Crippen LogP contribution < -0.4 is 11.5 Å². The van der Waals surface area contributed by atoms with Gasteiger partial charge in [0, 0.05) is 6.07 Å². The van der Waals surface area contributed by atoms with Crippen molar-refractivity contribution in [3.05, 3.63) is 34.4 Å². The van der Waals surface area contributed by atoms with E-state index >= 15 is 0 Å². The van der Waals surface area contributed by atoms with Gasteiger partial charge in [0.1, 0.15) is 0 Å². The molecule has 7 nitrogen and oxygen atoms in total. The number of carbonyl (C=O) groups is 1. The summed E-state index contributed by atoms with van der Waals surface area (Å²) in [5, 5.41) is 18.9. The molecule has 0 bridgehead atoms. The number of rotatable bonds is 2. The van der Waals surface area contributed by atoms with Crippen LogP contribution in [0.25, 0.3) is 0 Å². The molecule has 1 rings (SSSR count). The van der Waals surface area contributed by atoms with Gasteiger partial charge in [-0.05, 0) is 6.07 Å². The van der Waals surface area contributed by atoms with Crippen LogP contribution in [-0.4, -0.2) is 22.5 Å². The highest BCUT2D eigenvalue weighted by Gasteiger charge is 2.09. The molecular weight excluding hydrogens is 202 g/mol. The lowest BCUT2D eigenvalue weighted by atomic mass is 10.3. The molecule has 0 aliphatic carbocycles. The van der Waals surface area contributed by atoms with Crippen molar-refractivity contribution in [1.82, 2.24) is 0 Å². The fourth-order valence-corrected chi connectivity index (χ4v) is 0.619. The van der Waals surface area contributed by atoms with Gasteiger partial charge in [-0.15, -0.1) is 0 Å². The average molecular weight is 213 g/mol. The Balaban J connectivity index is 0.000000336. The van der Waals surface area contributed by atoms with E-state index in [1.165, 1.54) is 24.3 Å². The Labute approximate surface area is 85.5 Å². The first-order valence-electron chi connectivity index (χ1n) is 3.89. The van der Waals surface area contributed by atoms with E-state index in [0.717, 1.165) is 0 Å². The lowest BCUT2D eigenvalue weighted by Crippen LogP contribution is -2.21. The predicted molar refractivity (Wildman–Crippen MR) is 53.0 cm³/mol. The number of amides is 1. The minimum absolute atomic E-state index is 0.0556. The summed E-state index contributed by atoms with van der Waals surface area (Å²) < 4.78 is 0. The zero-order valence-electron chi connectivity index (χ0n) is 7.79. The highest BCUT2D eigenvalue weighted by molar-refractivity contribution is 5.75. The first kappa shape index (κ1) is 12.8. The molecule has 0 aliphatic rings. The molecule has 1 aromatic rings. The number of phenolic OH excluding ortho intramolecular Hbond substituents is 1. The molecule has 0 radical (unpaired) electrons. The number of hydrogen-bond donors (Lipinski definition) is 3. The van der Waals surface area contributed by atoms with E-state index in [1.807, 2.05) is 0 Å². The number of nitro benzene ring substituents is 1. The fraction of sp³-hybridized carbons (Fsp3) is 0.125.